The van der Waals surface area contributed by atoms with Gasteiger partial charge in [-0.1, -0.05) is 60.7 Å². The van der Waals surface area contributed by atoms with Crippen LogP contribution in [0.1, 0.15) is 11.3 Å². The summed E-state index contributed by atoms with van der Waals surface area (Å²) in [7, 11) is 1.90. The Balaban J connectivity index is 2.02. The van der Waals surface area contributed by atoms with Gasteiger partial charge in [-0.2, -0.15) is 5.10 Å². The highest BCUT2D eigenvalue weighted by Crippen LogP contribution is 2.30. The summed E-state index contributed by atoms with van der Waals surface area (Å²) in [4.78, 5) is 0. The molecule has 0 saturated carbocycles. The molecule has 0 bridgehead atoms. The Labute approximate surface area is 118 Å². The summed E-state index contributed by atoms with van der Waals surface area (Å²) in [5.41, 5.74) is 4.73. The Hall–Kier alpha value is -2.55. The highest BCUT2D eigenvalue weighted by molar-refractivity contribution is 5.77. The summed E-state index contributed by atoms with van der Waals surface area (Å²) in [6, 6.07) is 20.8. The lowest BCUT2D eigenvalue weighted by molar-refractivity contribution is 0.997. The van der Waals surface area contributed by atoms with Crippen molar-refractivity contribution in [1.82, 2.24) is 10.2 Å². The van der Waals surface area contributed by atoms with Gasteiger partial charge in [0.2, 0.25) is 0 Å². The molecule has 0 radical (unpaired) electrons. The molecule has 3 aromatic rings. The molecule has 0 fully saturated rings. The van der Waals surface area contributed by atoms with E-state index in [4.69, 9.17) is 0 Å². The number of benzene rings is 2. The SMILES string of the molecule is CNc1n[nH]c(Cc2ccccc2)c1-c1ccccc1. The van der Waals surface area contributed by atoms with Crippen LogP contribution in [0.15, 0.2) is 60.7 Å². The van der Waals surface area contributed by atoms with Crippen LogP contribution in [-0.4, -0.2) is 17.2 Å². The first-order chi connectivity index (χ1) is 9.88. The molecule has 3 nitrogen and oxygen atoms in total. The van der Waals surface area contributed by atoms with Crippen LogP contribution < -0.4 is 5.32 Å². The van der Waals surface area contributed by atoms with E-state index >= 15 is 0 Å². The molecule has 0 aliphatic carbocycles. The highest BCUT2D eigenvalue weighted by Gasteiger charge is 2.14. The van der Waals surface area contributed by atoms with Crippen LogP contribution in [0.2, 0.25) is 0 Å². The van der Waals surface area contributed by atoms with Crippen molar-refractivity contribution >= 4 is 5.82 Å². The van der Waals surface area contributed by atoms with E-state index in [0.29, 0.717) is 0 Å². The van der Waals surface area contributed by atoms with Crippen LogP contribution >= 0.6 is 0 Å². The number of anilines is 1. The van der Waals surface area contributed by atoms with Gasteiger partial charge in [-0.05, 0) is 11.1 Å². The van der Waals surface area contributed by atoms with Crippen molar-refractivity contribution in [2.24, 2.45) is 0 Å². The molecule has 0 amide bonds. The fourth-order valence-corrected chi connectivity index (χ4v) is 2.40. The van der Waals surface area contributed by atoms with Crippen molar-refractivity contribution in [2.75, 3.05) is 12.4 Å². The maximum Gasteiger partial charge on any atom is 0.155 e. The maximum absolute atomic E-state index is 4.37. The lowest BCUT2D eigenvalue weighted by atomic mass is 10.0. The fraction of sp³-hybridized carbons (Fsp3) is 0.118. The Morgan fingerprint density at radius 3 is 2.25 bits per heavy atom. The normalized spacial score (nSPS) is 10.4. The second-order valence-corrected chi connectivity index (χ2v) is 4.70. The van der Waals surface area contributed by atoms with Crippen molar-refractivity contribution < 1.29 is 0 Å². The Morgan fingerprint density at radius 2 is 1.60 bits per heavy atom. The van der Waals surface area contributed by atoms with Gasteiger partial charge in [-0.15, -0.1) is 0 Å². The van der Waals surface area contributed by atoms with E-state index < -0.39 is 0 Å². The lowest BCUT2D eigenvalue weighted by Gasteiger charge is -2.06. The van der Waals surface area contributed by atoms with Crippen LogP contribution in [0.4, 0.5) is 5.82 Å². The number of aromatic amines is 1. The van der Waals surface area contributed by atoms with Crippen molar-refractivity contribution in [1.29, 1.82) is 0 Å². The number of hydrogen-bond donors (Lipinski definition) is 2. The van der Waals surface area contributed by atoms with Gasteiger partial charge in [0.25, 0.3) is 0 Å². The highest BCUT2D eigenvalue weighted by atomic mass is 15.2. The Kier molecular flexibility index (Phi) is 3.50. The summed E-state index contributed by atoms with van der Waals surface area (Å²) in [6.45, 7) is 0. The van der Waals surface area contributed by atoms with Crippen molar-refractivity contribution in [3.05, 3.63) is 71.9 Å². The second-order valence-electron chi connectivity index (χ2n) is 4.70. The third-order valence-corrected chi connectivity index (χ3v) is 3.36. The van der Waals surface area contributed by atoms with Gasteiger partial charge in [-0.25, -0.2) is 0 Å². The van der Waals surface area contributed by atoms with Crippen LogP contribution in [0.3, 0.4) is 0 Å². The molecule has 0 aliphatic heterocycles. The minimum absolute atomic E-state index is 0.847. The van der Waals surface area contributed by atoms with Crippen LogP contribution in [-0.2, 0) is 6.42 Å². The largest absolute Gasteiger partial charge is 0.371 e. The van der Waals surface area contributed by atoms with E-state index in [1.54, 1.807) is 0 Å². The van der Waals surface area contributed by atoms with Crippen molar-refractivity contribution in [3.63, 3.8) is 0 Å². The average molecular weight is 263 g/mol. The van der Waals surface area contributed by atoms with E-state index in [0.717, 1.165) is 23.5 Å². The van der Waals surface area contributed by atoms with E-state index in [9.17, 15) is 0 Å². The summed E-state index contributed by atoms with van der Waals surface area (Å²) in [5, 5.41) is 10.7. The van der Waals surface area contributed by atoms with Gasteiger partial charge >= 0.3 is 0 Å². The second kappa shape index (κ2) is 5.61. The molecule has 2 N–H and O–H groups in total. The van der Waals surface area contributed by atoms with Crippen molar-refractivity contribution in [2.45, 2.75) is 6.42 Å². The first-order valence-electron chi connectivity index (χ1n) is 6.73. The minimum atomic E-state index is 0.847. The molecular weight excluding hydrogens is 246 g/mol. The molecule has 1 aromatic heterocycles. The maximum atomic E-state index is 4.37. The first-order valence-corrected chi connectivity index (χ1v) is 6.73. The standard InChI is InChI=1S/C17H17N3/c1-18-17-16(14-10-6-3-7-11-14)15(19-20-17)12-13-8-4-2-5-9-13/h2-11H,12H2,1H3,(H2,18,19,20). The summed E-state index contributed by atoms with van der Waals surface area (Å²) < 4.78 is 0. The van der Waals surface area contributed by atoms with E-state index in [-0.39, 0.29) is 0 Å². The smallest absolute Gasteiger partial charge is 0.155 e. The van der Waals surface area contributed by atoms with Gasteiger partial charge in [0, 0.05) is 24.7 Å². The van der Waals surface area contributed by atoms with E-state index in [2.05, 4.69) is 51.9 Å². The molecule has 0 unspecified atom stereocenters. The third kappa shape index (κ3) is 2.43. The quantitative estimate of drug-likeness (QED) is 0.753. The van der Waals surface area contributed by atoms with Crippen LogP contribution in [0, 0.1) is 0 Å². The molecule has 20 heavy (non-hydrogen) atoms. The summed E-state index contributed by atoms with van der Waals surface area (Å²) >= 11 is 0. The summed E-state index contributed by atoms with van der Waals surface area (Å²) in [6.07, 6.45) is 0.847. The van der Waals surface area contributed by atoms with Gasteiger partial charge < -0.3 is 5.32 Å². The molecule has 100 valence electrons. The summed E-state index contributed by atoms with van der Waals surface area (Å²) in [5.74, 6) is 0.891. The first kappa shape index (κ1) is 12.5. The zero-order chi connectivity index (χ0) is 13.8. The molecule has 0 atom stereocenters. The predicted molar refractivity (Wildman–Crippen MR) is 82.8 cm³/mol. The number of aromatic nitrogens is 2. The molecule has 3 rings (SSSR count). The molecular formula is C17H17N3. The minimum Gasteiger partial charge on any atom is -0.371 e. The zero-order valence-corrected chi connectivity index (χ0v) is 11.4. The van der Waals surface area contributed by atoms with Gasteiger partial charge in [0.1, 0.15) is 0 Å². The average Bonchev–Trinajstić information content (AvgIpc) is 2.92. The third-order valence-electron chi connectivity index (χ3n) is 3.36. The van der Waals surface area contributed by atoms with Gasteiger partial charge in [-0.3, -0.25) is 5.10 Å². The van der Waals surface area contributed by atoms with Gasteiger partial charge in [0.05, 0.1) is 0 Å². The predicted octanol–water partition coefficient (Wildman–Crippen LogP) is 3.71. The van der Waals surface area contributed by atoms with Crippen LogP contribution in [0.5, 0.6) is 0 Å². The number of rotatable bonds is 4. The number of nitrogens with zero attached hydrogens (tertiary/aromatic N) is 1. The molecule has 1 heterocycles. The Bertz CT molecular complexity index is 672. The monoisotopic (exact) mass is 263 g/mol. The lowest BCUT2D eigenvalue weighted by Crippen LogP contribution is -1.93. The molecule has 0 saturated heterocycles. The van der Waals surface area contributed by atoms with Gasteiger partial charge in [0.15, 0.2) is 5.82 Å². The Morgan fingerprint density at radius 1 is 0.950 bits per heavy atom. The van der Waals surface area contributed by atoms with E-state index in [1.165, 1.54) is 11.1 Å². The zero-order valence-electron chi connectivity index (χ0n) is 11.4. The van der Waals surface area contributed by atoms with E-state index in [1.807, 2.05) is 31.3 Å². The number of H-pyrrole nitrogens is 1. The molecule has 0 aliphatic rings. The number of nitrogens with one attached hydrogen (secondary N) is 2. The topological polar surface area (TPSA) is 40.7 Å². The fourth-order valence-electron chi connectivity index (χ4n) is 2.40. The molecule has 3 heteroatoms. The van der Waals surface area contributed by atoms with Crippen LogP contribution in [0.25, 0.3) is 11.1 Å². The number of hydrogen-bond acceptors (Lipinski definition) is 2. The van der Waals surface area contributed by atoms with Crippen molar-refractivity contribution in [3.8, 4) is 11.1 Å². The molecule has 2 aromatic carbocycles. The molecule has 0 spiro atoms.